The third kappa shape index (κ3) is 2.88. The Morgan fingerprint density at radius 3 is 2.12 bits per heavy atom. The van der Waals surface area contributed by atoms with Crippen LogP contribution in [0.15, 0.2) is 48.5 Å². The SMILES string of the molecule is C/C(=C\c1cc(O)cc(O)c1)c1ccccc1. The van der Waals surface area contributed by atoms with Gasteiger partial charge >= 0.3 is 0 Å². The molecule has 0 saturated heterocycles. The molecule has 0 radical (unpaired) electrons. The minimum absolute atomic E-state index is 0.0668. The van der Waals surface area contributed by atoms with E-state index in [0.717, 1.165) is 16.7 Å². The molecule has 86 valence electrons. The van der Waals surface area contributed by atoms with Gasteiger partial charge in [0.2, 0.25) is 0 Å². The molecule has 2 nitrogen and oxygen atoms in total. The summed E-state index contributed by atoms with van der Waals surface area (Å²) in [5.41, 5.74) is 2.98. The maximum absolute atomic E-state index is 9.39. The maximum Gasteiger partial charge on any atom is 0.119 e. The van der Waals surface area contributed by atoms with Gasteiger partial charge in [-0.25, -0.2) is 0 Å². The second-order valence-corrected chi connectivity index (χ2v) is 3.98. The number of aromatic hydroxyl groups is 2. The quantitative estimate of drug-likeness (QED) is 0.767. The summed E-state index contributed by atoms with van der Waals surface area (Å²) in [5.74, 6) is 0.134. The van der Waals surface area contributed by atoms with Crippen molar-refractivity contribution >= 4 is 11.6 Å². The molecule has 0 spiro atoms. The predicted molar refractivity (Wildman–Crippen MR) is 69.8 cm³/mol. The number of allylic oxidation sites excluding steroid dienone is 1. The Hall–Kier alpha value is -2.22. The van der Waals surface area contributed by atoms with Crippen molar-refractivity contribution in [3.63, 3.8) is 0 Å². The highest BCUT2D eigenvalue weighted by atomic mass is 16.3. The van der Waals surface area contributed by atoms with Gasteiger partial charge in [0.1, 0.15) is 11.5 Å². The highest BCUT2D eigenvalue weighted by Crippen LogP contribution is 2.24. The van der Waals surface area contributed by atoms with Crippen molar-refractivity contribution in [2.45, 2.75) is 6.92 Å². The number of benzene rings is 2. The lowest BCUT2D eigenvalue weighted by Gasteiger charge is -2.03. The van der Waals surface area contributed by atoms with Crippen molar-refractivity contribution in [2.24, 2.45) is 0 Å². The van der Waals surface area contributed by atoms with Crippen molar-refractivity contribution in [3.05, 3.63) is 59.7 Å². The monoisotopic (exact) mass is 226 g/mol. The predicted octanol–water partition coefficient (Wildman–Crippen LogP) is 3.66. The number of phenols is 2. The largest absolute Gasteiger partial charge is 0.508 e. The first-order valence-electron chi connectivity index (χ1n) is 5.42. The fraction of sp³-hybridized carbons (Fsp3) is 0.0667. The van der Waals surface area contributed by atoms with E-state index >= 15 is 0 Å². The van der Waals surface area contributed by atoms with Gasteiger partial charge in [-0.1, -0.05) is 36.4 Å². The Labute approximate surface area is 100 Å². The summed E-state index contributed by atoms with van der Waals surface area (Å²) < 4.78 is 0. The minimum atomic E-state index is 0.0668. The van der Waals surface area contributed by atoms with Gasteiger partial charge in [-0.15, -0.1) is 0 Å². The molecule has 0 fully saturated rings. The summed E-state index contributed by atoms with van der Waals surface area (Å²) in [7, 11) is 0. The van der Waals surface area contributed by atoms with E-state index in [1.54, 1.807) is 12.1 Å². The summed E-state index contributed by atoms with van der Waals surface area (Å²) >= 11 is 0. The van der Waals surface area contributed by atoms with E-state index in [-0.39, 0.29) is 11.5 Å². The molecular weight excluding hydrogens is 212 g/mol. The fourth-order valence-electron chi connectivity index (χ4n) is 1.74. The molecule has 2 N–H and O–H groups in total. The molecule has 2 rings (SSSR count). The molecule has 2 aromatic carbocycles. The molecule has 0 unspecified atom stereocenters. The van der Waals surface area contributed by atoms with Gasteiger partial charge in [0, 0.05) is 6.07 Å². The molecule has 0 saturated carbocycles. The van der Waals surface area contributed by atoms with E-state index in [0.29, 0.717) is 0 Å². The molecule has 0 atom stereocenters. The molecule has 0 amide bonds. The molecule has 0 bridgehead atoms. The van der Waals surface area contributed by atoms with Gasteiger partial charge in [-0.05, 0) is 35.8 Å². The van der Waals surface area contributed by atoms with Gasteiger partial charge in [0.15, 0.2) is 0 Å². The third-order valence-corrected chi connectivity index (χ3v) is 2.54. The number of rotatable bonds is 2. The first-order valence-corrected chi connectivity index (χ1v) is 5.42. The van der Waals surface area contributed by atoms with Gasteiger partial charge < -0.3 is 10.2 Å². The second kappa shape index (κ2) is 4.74. The Balaban J connectivity index is 2.36. The third-order valence-electron chi connectivity index (χ3n) is 2.54. The lowest BCUT2D eigenvalue weighted by Crippen LogP contribution is -1.79. The van der Waals surface area contributed by atoms with E-state index in [2.05, 4.69) is 0 Å². The van der Waals surface area contributed by atoms with Crippen LogP contribution in [-0.4, -0.2) is 10.2 Å². The number of hydrogen-bond acceptors (Lipinski definition) is 2. The van der Waals surface area contributed by atoms with Crippen molar-refractivity contribution in [1.29, 1.82) is 0 Å². The molecule has 0 aliphatic heterocycles. The Kier molecular flexibility index (Phi) is 3.15. The van der Waals surface area contributed by atoms with Crippen LogP contribution in [0.4, 0.5) is 0 Å². The van der Waals surface area contributed by atoms with E-state index in [4.69, 9.17) is 0 Å². The highest BCUT2D eigenvalue weighted by Gasteiger charge is 1.99. The molecular formula is C15H14O2. The number of hydrogen-bond donors (Lipinski definition) is 2. The molecule has 17 heavy (non-hydrogen) atoms. The molecule has 2 aromatic rings. The van der Waals surface area contributed by atoms with Crippen molar-refractivity contribution in [3.8, 4) is 11.5 Å². The fourth-order valence-corrected chi connectivity index (χ4v) is 1.74. The summed E-state index contributed by atoms with van der Waals surface area (Å²) in [4.78, 5) is 0. The summed E-state index contributed by atoms with van der Waals surface area (Å²) in [6.45, 7) is 2.00. The lowest BCUT2D eigenvalue weighted by molar-refractivity contribution is 0.450. The average molecular weight is 226 g/mol. The van der Waals surface area contributed by atoms with E-state index in [1.165, 1.54) is 6.07 Å². The second-order valence-electron chi connectivity index (χ2n) is 3.98. The van der Waals surface area contributed by atoms with E-state index in [1.807, 2.05) is 43.3 Å². The maximum atomic E-state index is 9.39. The standard InChI is InChI=1S/C15H14O2/c1-11(13-5-3-2-4-6-13)7-12-8-14(16)10-15(17)9-12/h2-10,16-17H,1H3/b11-7+. The molecule has 0 aliphatic rings. The molecule has 0 heterocycles. The topological polar surface area (TPSA) is 40.5 Å². The zero-order valence-electron chi connectivity index (χ0n) is 9.59. The first-order chi connectivity index (χ1) is 8.15. The summed E-state index contributed by atoms with van der Waals surface area (Å²) in [6.07, 6.45) is 1.93. The molecule has 0 aliphatic carbocycles. The van der Waals surface area contributed by atoms with Crippen LogP contribution in [0, 0.1) is 0 Å². The van der Waals surface area contributed by atoms with Crippen molar-refractivity contribution in [2.75, 3.05) is 0 Å². The summed E-state index contributed by atoms with van der Waals surface area (Å²) in [5, 5.41) is 18.8. The van der Waals surface area contributed by atoms with Crippen LogP contribution in [0.5, 0.6) is 11.5 Å². The molecule has 0 aromatic heterocycles. The van der Waals surface area contributed by atoms with Crippen LogP contribution in [0.3, 0.4) is 0 Å². The van der Waals surface area contributed by atoms with Gasteiger partial charge in [-0.3, -0.25) is 0 Å². The van der Waals surface area contributed by atoms with Crippen LogP contribution in [0.1, 0.15) is 18.1 Å². The lowest BCUT2D eigenvalue weighted by atomic mass is 10.0. The normalized spacial score (nSPS) is 11.5. The molecule has 2 heteroatoms. The van der Waals surface area contributed by atoms with Crippen LogP contribution in [-0.2, 0) is 0 Å². The number of phenolic OH excluding ortho intramolecular Hbond substituents is 2. The minimum Gasteiger partial charge on any atom is -0.508 e. The Morgan fingerprint density at radius 2 is 1.53 bits per heavy atom. The van der Waals surface area contributed by atoms with Crippen molar-refractivity contribution in [1.82, 2.24) is 0 Å². The Morgan fingerprint density at radius 1 is 0.941 bits per heavy atom. The summed E-state index contributed by atoms with van der Waals surface area (Å²) in [6, 6.07) is 14.5. The van der Waals surface area contributed by atoms with Crippen molar-refractivity contribution < 1.29 is 10.2 Å². The highest BCUT2D eigenvalue weighted by molar-refractivity contribution is 5.80. The zero-order chi connectivity index (χ0) is 12.3. The van der Waals surface area contributed by atoms with Gasteiger partial charge in [0.05, 0.1) is 0 Å². The van der Waals surface area contributed by atoms with Crippen LogP contribution in [0.25, 0.3) is 11.6 Å². The van der Waals surface area contributed by atoms with E-state index < -0.39 is 0 Å². The van der Waals surface area contributed by atoms with E-state index in [9.17, 15) is 10.2 Å². The van der Waals surface area contributed by atoms with Gasteiger partial charge in [-0.2, -0.15) is 0 Å². The Bertz CT molecular complexity index is 522. The van der Waals surface area contributed by atoms with Crippen LogP contribution in [0.2, 0.25) is 0 Å². The van der Waals surface area contributed by atoms with Crippen LogP contribution < -0.4 is 0 Å². The average Bonchev–Trinajstić information content (AvgIpc) is 2.28. The van der Waals surface area contributed by atoms with Crippen LogP contribution >= 0.6 is 0 Å². The zero-order valence-corrected chi connectivity index (χ0v) is 9.59. The smallest absolute Gasteiger partial charge is 0.119 e. The first kappa shape index (κ1) is 11.3. The van der Waals surface area contributed by atoms with Gasteiger partial charge in [0.25, 0.3) is 0 Å².